The number of anilines is 1. The van der Waals surface area contributed by atoms with Crippen molar-refractivity contribution in [2.24, 2.45) is 0 Å². The third kappa shape index (κ3) is 3.36. The van der Waals surface area contributed by atoms with E-state index in [0.29, 0.717) is 23.3 Å². The first-order chi connectivity index (χ1) is 9.60. The number of nitro benzene ring substituents is 1. The summed E-state index contributed by atoms with van der Waals surface area (Å²) in [5.74, 6) is 0.778. The number of benzene rings is 1. The molecule has 2 aromatic rings. The number of nitro groups is 1. The van der Waals surface area contributed by atoms with Gasteiger partial charge in [0.2, 0.25) is 0 Å². The van der Waals surface area contributed by atoms with Gasteiger partial charge in [-0.05, 0) is 40.2 Å². The fourth-order valence-electron chi connectivity index (χ4n) is 1.71. The van der Waals surface area contributed by atoms with Crippen molar-refractivity contribution in [3.8, 4) is 6.07 Å². The van der Waals surface area contributed by atoms with Crippen molar-refractivity contribution < 1.29 is 9.34 Å². The highest BCUT2D eigenvalue weighted by molar-refractivity contribution is 9.10. The van der Waals surface area contributed by atoms with Crippen LogP contribution in [0.5, 0.6) is 0 Å². The van der Waals surface area contributed by atoms with E-state index < -0.39 is 4.92 Å². The summed E-state index contributed by atoms with van der Waals surface area (Å²) in [6, 6.07) is 9.84. The predicted molar refractivity (Wildman–Crippen MR) is 76.4 cm³/mol. The number of nitrogens with one attached hydrogen (secondary N) is 1. The Bertz CT molecular complexity index is 676. The standard InChI is InChI=1S/C13H10BrN3O3/c14-13-4-2-10(20-13)5-6-16-11-3-1-9(8-15)7-12(11)17(18)19/h1-4,7,16H,5-6H2. The summed E-state index contributed by atoms with van der Waals surface area (Å²) in [5.41, 5.74) is 0.543. The Labute approximate surface area is 123 Å². The van der Waals surface area contributed by atoms with Crippen molar-refractivity contribution in [1.82, 2.24) is 0 Å². The fourth-order valence-corrected chi connectivity index (χ4v) is 2.05. The third-order valence-electron chi connectivity index (χ3n) is 2.64. The van der Waals surface area contributed by atoms with Gasteiger partial charge < -0.3 is 9.73 Å². The summed E-state index contributed by atoms with van der Waals surface area (Å²) < 4.78 is 5.99. The lowest BCUT2D eigenvalue weighted by Crippen LogP contribution is -2.06. The number of nitrogens with zero attached hydrogens (tertiary/aromatic N) is 2. The molecule has 1 heterocycles. The number of hydrogen-bond donors (Lipinski definition) is 1. The highest BCUT2D eigenvalue weighted by atomic mass is 79.9. The summed E-state index contributed by atoms with van der Waals surface area (Å²) in [4.78, 5) is 10.5. The Balaban J connectivity index is 2.05. The van der Waals surface area contributed by atoms with E-state index in [0.717, 1.165) is 5.76 Å². The summed E-state index contributed by atoms with van der Waals surface area (Å²) >= 11 is 3.21. The molecule has 0 saturated heterocycles. The van der Waals surface area contributed by atoms with Crippen molar-refractivity contribution in [3.05, 3.63) is 56.4 Å². The molecule has 0 unspecified atom stereocenters. The molecule has 0 radical (unpaired) electrons. The fraction of sp³-hybridized carbons (Fsp3) is 0.154. The number of rotatable bonds is 5. The molecule has 1 N–H and O–H groups in total. The van der Waals surface area contributed by atoms with Crippen LogP contribution >= 0.6 is 15.9 Å². The van der Waals surface area contributed by atoms with Gasteiger partial charge in [-0.1, -0.05) is 0 Å². The smallest absolute Gasteiger partial charge is 0.293 e. The Kier molecular flexibility index (Phi) is 4.38. The van der Waals surface area contributed by atoms with Crippen molar-refractivity contribution in [2.75, 3.05) is 11.9 Å². The van der Waals surface area contributed by atoms with Gasteiger partial charge in [0, 0.05) is 19.0 Å². The first-order valence-electron chi connectivity index (χ1n) is 5.77. The molecule has 7 heteroatoms. The molecule has 0 atom stereocenters. The SMILES string of the molecule is N#Cc1ccc(NCCc2ccc(Br)o2)c([N+](=O)[O-])c1. The van der Waals surface area contributed by atoms with Crippen molar-refractivity contribution in [2.45, 2.75) is 6.42 Å². The maximum absolute atomic E-state index is 11.0. The lowest BCUT2D eigenvalue weighted by molar-refractivity contribution is -0.384. The molecule has 0 fully saturated rings. The Morgan fingerprint density at radius 3 is 2.80 bits per heavy atom. The Hall–Kier alpha value is -2.33. The molecule has 2 rings (SSSR count). The normalized spacial score (nSPS) is 10.0. The summed E-state index contributed by atoms with van der Waals surface area (Å²) in [6.45, 7) is 0.493. The second-order valence-corrected chi connectivity index (χ2v) is 4.77. The molecule has 0 aliphatic heterocycles. The number of hydrogen-bond acceptors (Lipinski definition) is 5. The number of furan rings is 1. The van der Waals surface area contributed by atoms with E-state index in [1.165, 1.54) is 12.1 Å². The van der Waals surface area contributed by atoms with E-state index in [9.17, 15) is 10.1 Å². The Morgan fingerprint density at radius 1 is 1.40 bits per heavy atom. The lowest BCUT2D eigenvalue weighted by Gasteiger charge is -2.06. The quantitative estimate of drug-likeness (QED) is 0.667. The summed E-state index contributed by atoms with van der Waals surface area (Å²) in [6.07, 6.45) is 0.600. The molecule has 20 heavy (non-hydrogen) atoms. The minimum Gasteiger partial charge on any atom is -0.454 e. The minimum absolute atomic E-state index is 0.107. The molecular formula is C13H10BrN3O3. The van der Waals surface area contributed by atoms with Gasteiger partial charge in [-0.2, -0.15) is 5.26 Å². The molecule has 0 aliphatic rings. The molecule has 0 bridgehead atoms. The molecule has 0 spiro atoms. The largest absolute Gasteiger partial charge is 0.454 e. The van der Waals surface area contributed by atoms with Crippen LogP contribution in [-0.4, -0.2) is 11.5 Å². The average molecular weight is 336 g/mol. The topological polar surface area (TPSA) is 92.1 Å². The zero-order chi connectivity index (χ0) is 14.5. The van der Waals surface area contributed by atoms with E-state index in [1.54, 1.807) is 12.1 Å². The zero-order valence-corrected chi connectivity index (χ0v) is 11.9. The van der Waals surface area contributed by atoms with Crippen LogP contribution in [-0.2, 0) is 6.42 Å². The van der Waals surface area contributed by atoms with E-state index in [-0.39, 0.29) is 11.3 Å². The van der Waals surface area contributed by atoms with Gasteiger partial charge in [-0.25, -0.2) is 0 Å². The highest BCUT2D eigenvalue weighted by Gasteiger charge is 2.14. The van der Waals surface area contributed by atoms with Crippen LogP contribution in [0, 0.1) is 21.4 Å². The lowest BCUT2D eigenvalue weighted by atomic mass is 10.2. The average Bonchev–Trinajstić information content (AvgIpc) is 2.84. The number of halogens is 1. The van der Waals surface area contributed by atoms with E-state index >= 15 is 0 Å². The zero-order valence-electron chi connectivity index (χ0n) is 10.3. The molecule has 0 amide bonds. The van der Waals surface area contributed by atoms with E-state index in [2.05, 4.69) is 21.2 Å². The Morgan fingerprint density at radius 2 is 2.20 bits per heavy atom. The first kappa shape index (κ1) is 14.1. The van der Waals surface area contributed by atoms with E-state index in [4.69, 9.17) is 9.68 Å². The molecule has 6 nitrogen and oxygen atoms in total. The van der Waals surface area contributed by atoms with Gasteiger partial charge in [0.15, 0.2) is 4.67 Å². The number of nitriles is 1. The summed E-state index contributed by atoms with van der Waals surface area (Å²) in [7, 11) is 0. The van der Waals surface area contributed by atoms with Gasteiger partial charge >= 0.3 is 0 Å². The molecule has 0 saturated carbocycles. The molecule has 1 aromatic carbocycles. The first-order valence-corrected chi connectivity index (χ1v) is 6.56. The maximum Gasteiger partial charge on any atom is 0.293 e. The molecular weight excluding hydrogens is 326 g/mol. The van der Waals surface area contributed by atoms with Crippen LogP contribution in [0.3, 0.4) is 0 Å². The van der Waals surface area contributed by atoms with Crippen molar-refractivity contribution in [3.63, 3.8) is 0 Å². The third-order valence-corrected chi connectivity index (χ3v) is 3.07. The molecule has 1 aromatic heterocycles. The van der Waals surface area contributed by atoms with Crippen LogP contribution in [0.15, 0.2) is 39.4 Å². The van der Waals surface area contributed by atoms with Gasteiger partial charge in [0.1, 0.15) is 11.4 Å². The van der Waals surface area contributed by atoms with Crippen molar-refractivity contribution >= 4 is 27.3 Å². The molecule has 102 valence electrons. The second-order valence-electron chi connectivity index (χ2n) is 3.98. The van der Waals surface area contributed by atoms with Gasteiger partial charge in [-0.3, -0.25) is 10.1 Å². The highest BCUT2D eigenvalue weighted by Crippen LogP contribution is 2.25. The van der Waals surface area contributed by atoms with Crippen LogP contribution in [0.1, 0.15) is 11.3 Å². The van der Waals surface area contributed by atoms with Crippen molar-refractivity contribution in [1.29, 1.82) is 5.26 Å². The van der Waals surface area contributed by atoms with Crippen LogP contribution in [0.2, 0.25) is 0 Å². The van der Waals surface area contributed by atoms with E-state index in [1.807, 2.05) is 12.1 Å². The van der Waals surface area contributed by atoms with Gasteiger partial charge in [0.25, 0.3) is 5.69 Å². The summed E-state index contributed by atoms with van der Waals surface area (Å²) in [5, 5.41) is 22.7. The van der Waals surface area contributed by atoms with Crippen LogP contribution in [0.25, 0.3) is 0 Å². The monoisotopic (exact) mass is 335 g/mol. The van der Waals surface area contributed by atoms with Gasteiger partial charge in [0.05, 0.1) is 16.6 Å². The minimum atomic E-state index is -0.507. The maximum atomic E-state index is 11.0. The second kappa shape index (κ2) is 6.21. The van der Waals surface area contributed by atoms with Crippen LogP contribution < -0.4 is 5.32 Å². The molecule has 0 aliphatic carbocycles. The predicted octanol–water partition coefficient (Wildman–Crippen LogP) is 3.48. The van der Waals surface area contributed by atoms with Gasteiger partial charge in [-0.15, -0.1) is 0 Å². The van der Waals surface area contributed by atoms with Crippen LogP contribution in [0.4, 0.5) is 11.4 Å².